The molecule has 0 spiro atoms. The summed E-state index contributed by atoms with van der Waals surface area (Å²) in [6, 6.07) is 5.75. The Labute approximate surface area is 111 Å². The van der Waals surface area contributed by atoms with E-state index >= 15 is 0 Å². The van der Waals surface area contributed by atoms with E-state index < -0.39 is 0 Å². The summed E-state index contributed by atoms with van der Waals surface area (Å²) >= 11 is 0. The molecule has 98 valence electrons. The van der Waals surface area contributed by atoms with E-state index in [2.05, 4.69) is 15.3 Å². The van der Waals surface area contributed by atoms with Crippen LogP contribution in [0, 0.1) is 0 Å². The molecule has 0 aliphatic carbocycles. The third-order valence-electron chi connectivity index (χ3n) is 3.62. The lowest BCUT2D eigenvalue weighted by molar-refractivity contribution is 0.0744. The molecule has 1 N–H and O–H groups in total. The second kappa shape index (κ2) is 4.93. The molecule has 1 aliphatic rings. The van der Waals surface area contributed by atoms with Crippen LogP contribution in [-0.4, -0.2) is 47.0 Å². The van der Waals surface area contributed by atoms with Crippen LogP contribution in [0.3, 0.4) is 0 Å². The molecule has 1 fully saturated rings. The molecule has 1 aromatic heterocycles. The monoisotopic (exact) mass is 256 g/mol. The second-order valence-corrected chi connectivity index (χ2v) is 4.82. The van der Waals surface area contributed by atoms with Gasteiger partial charge < -0.3 is 10.2 Å². The average Bonchev–Trinajstić information content (AvgIpc) is 2.99. The molecule has 19 heavy (non-hydrogen) atoms. The van der Waals surface area contributed by atoms with Crippen molar-refractivity contribution in [3.8, 4) is 0 Å². The first-order chi connectivity index (χ1) is 9.25. The zero-order valence-electron chi connectivity index (χ0n) is 10.8. The Bertz CT molecular complexity index is 607. The Morgan fingerprint density at radius 2 is 2.11 bits per heavy atom. The number of nitrogens with zero attached hydrogens (tertiary/aromatic N) is 3. The second-order valence-electron chi connectivity index (χ2n) is 4.82. The molecule has 1 aliphatic heterocycles. The van der Waals surface area contributed by atoms with Gasteiger partial charge in [-0.1, -0.05) is 0 Å². The Kier molecular flexibility index (Phi) is 3.13. The van der Waals surface area contributed by atoms with Crippen molar-refractivity contribution in [3.05, 3.63) is 36.2 Å². The lowest BCUT2D eigenvalue weighted by Crippen LogP contribution is -2.38. The number of amides is 1. The van der Waals surface area contributed by atoms with Gasteiger partial charge in [-0.25, -0.2) is 0 Å². The number of nitrogens with one attached hydrogen (secondary N) is 1. The number of likely N-dealkylation sites (N-methyl/N-ethyl adjacent to an activating group) is 1. The minimum Gasteiger partial charge on any atom is -0.337 e. The molecule has 1 atom stereocenters. The van der Waals surface area contributed by atoms with E-state index in [0.717, 1.165) is 30.5 Å². The zero-order valence-corrected chi connectivity index (χ0v) is 10.8. The van der Waals surface area contributed by atoms with E-state index in [-0.39, 0.29) is 11.9 Å². The van der Waals surface area contributed by atoms with Gasteiger partial charge in [0.15, 0.2) is 0 Å². The molecule has 2 aromatic rings. The maximum absolute atomic E-state index is 12.4. The number of rotatable bonds is 2. The number of carbonyl (C=O) groups is 1. The predicted molar refractivity (Wildman–Crippen MR) is 72.9 cm³/mol. The van der Waals surface area contributed by atoms with Crippen LogP contribution in [0.15, 0.2) is 30.6 Å². The molecule has 1 aromatic carbocycles. The Morgan fingerprint density at radius 1 is 1.32 bits per heavy atom. The number of fused-ring (bicyclic) bond motifs is 1. The van der Waals surface area contributed by atoms with Crippen LogP contribution in [-0.2, 0) is 0 Å². The molecular formula is C14H16N4O. The summed E-state index contributed by atoms with van der Waals surface area (Å²) in [5, 5.41) is 3.27. The first-order valence-corrected chi connectivity index (χ1v) is 6.44. The fourth-order valence-electron chi connectivity index (χ4n) is 2.44. The number of aromatic nitrogens is 2. The normalized spacial score (nSPS) is 18.7. The molecule has 1 unspecified atom stereocenters. The Balaban J connectivity index is 1.88. The fraction of sp³-hybridized carbons (Fsp3) is 0.357. The van der Waals surface area contributed by atoms with Gasteiger partial charge in [-0.2, -0.15) is 0 Å². The smallest absolute Gasteiger partial charge is 0.253 e. The van der Waals surface area contributed by atoms with Crippen molar-refractivity contribution in [2.24, 2.45) is 0 Å². The minimum absolute atomic E-state index is 0.0428. The van der Waals surface area contributed by atoms with Gasteiger partial charge in [0, 0.05) is 37.6 Å². The van der Waals surface area contributed by atoms with Gasteiger partial charge in [0.2, 0.25) is 0 Å². The highest BCUT2D eigenvalue weighted by atomic mass is 16.2. The van der Waals surface area contributed by atoms with Crippen LogP contribution in [0.4, 0.5) is 0 Å². The number of benzene rings is 1. The van der Waals surface area contributed by atoms with E-state index in [0.29, 0.717) is 5.56 Å². The van der Waals surface area contributed by atoms with E-state index in [1.165, 1.54) is 0 Å². The van der Waals surface area contributed by atoms with E-state index in [1.807, 2.05) is 30.1 Å². The third-order valence-corrected chi connectivity index (χ3v) is 3.62. The zero-order chi connectivity index (χ0) is 13.2. The molecule has 5 nitrogen and oxygen atoms in total. The molecule has 1 saturated heterocycles. The van der Waals surface area contributed by atoms with Crippen molar-refractivity contribution < 1.29 is 4.79 Å². The lowest BCUT2D eigenvalue weighted by atomic mass is 10.1. The van der Waals surface area contributed by atoms with Crippen LogP contribution in [0.1, 0.15) is 16.8 Å². The topological polar surface area (TPSA) is 58.1 Å². The van der Waals surface area contributed by atoms with Gasteiger partial charge >= 0.3 is 0 Å². The van der Waals surface area contributed by atoms with Gasteiger partial charge in [-0.3, -0.25) is 14.8 Å². The minimum atomic E-state index is 0.0428. The Morgan fingerprint density at radius 3 is 2.84 bits per heavy atom. The lowest BCUT2D eigenvalue weighted by Gasteiger charge is -2.23. The number of hydrogen-bond donors (Lipinski definition) is 1. The fourth-order valence-corrected chi connectivity index (χ4v) is 2.44. The summed E-state index contributed by atoms with van der Waals surface area (Å²) in [6.45, 7) is 1.85. The molecule has 0 bridgehead atoms. The highest BCUT2D eigenvalue weighted by molar-refractivity contribution is 5.97. The summed E-state index contributed by atoms with van der Waals surface area (Å²) in [7, 11) is 1.86. The summed E-state index contributed by atoms with van der Waals surface area (Å²) in [4.78, 5) is 22.7. The molecule has 3 rings (SSSR count). The van der Waals surface area contributed by atoms with Gasteiger partial charge in [0.05, 0.1) is 11.0 Å². The van der Waals surface area contributed by atoms with Crippen LogP contribution in [0.25, 0.3) is 11.0 Å². The maximum Gasteiger partial charge on any atom is 0.253 e. The summed E-state index contributed by atoms with van der Waals surface area (Å²) < 4.78 is 0. The highest BCUT2D eigenvalue weighted by Gasteiger charge is 2.24. The molecule has 1 amide bonds. The van der Waals surface area contributed by atoms with Crippen LogP contribution in [0.5, 0.6) is 0 Å². The van der Waals surface area contributed by atoms with Gasteiger partial charge in [0.1, 0.15) is 0 Å². The summed E-state index contributed by atoms with van der Waals surface area (Å²) in [5.41, 5.74) is 2.23. The van der Waals surface area contributed by atoms with Crippen LogP contribution in [0.2, 0.25) is 0 Å². The van der Waals surface area contributed by atoms with Gasteiger partial charge in [-0.05, 0) is 31.2 Å². The van der Waals surface area contributed by atoms with Crippen molar-refractivity contribution in [1.82, 2.24) is 20.2 Å². The standard InChI is InChI=1S/C14H16N4O/c1-18(11-4-5-15-9-11)14(19)10-2-3-12-13(8-10)17-7-6-16-12/h2-3,6-8,11,15H,4-5,9H2,1H3. The van der Waals surface area contributed by atoms with Crippen LogP contribution < -0.4 is 5.32 Å². The van der Waals surface area contributed by atoms with Gasteiger partial charge in [-0.15, -0.1) is 0 Å². The van der Waals surface area contributed by atoms with E-state index in [9.17, 15) is 4.79 Å². The molecule has 0 radical (unpaired) electrons. The van der Waals surface area contributed by atoms with Crippen molar-refractivity contribution in [3.63, 3.8) is 0 Å². The average molecular weight is 256 g/mol. The number of carbonyl (C=O) groups excluding carboxylic acids is 1. The largest absolute Gasteiger partial charge is 0.337 e. The van der Waals surface area contributed by atoms with Gasteiger partial charge in [0.25, 0.3) is 5.91 Å². The SMILES string of the molecule is CN(C(=O)c1ccc2nccnc2c1)C1CCNC1. The van der Waals surface area contributed by atoms with Crippen molar-refractivity contribution >= 4 is 16.9 Å². The predicted octanol–water partition coefficient (Wildman–Crippen LogP) is 1.06. The van der Waals surface area contributed by atoms with Crippen molar-refractivity contribution in [2.45, 2.75) is 12.5 Å². The van der Waals surface area contributed by atoms with Crippen LogP contribution >= 0.6 is 0 Å². The van der Waals surface area contributed by atoms with E-state index in [1.54, 1.807) is 12.4 Å². The Hall–Kier alpha value is -2.01. The summed E-state index contributed by atoms with van der Waals surface area (Å²) in [5.74, 6) is 0.0428. The first-order valence-electron chi connectivity index (χ1n) is 6.44. The molecule has 0 saturated carbocycles. The maximum atomic E-state index is 12.4. The molecule has 5 heteroatoms. The van der Waals surface area contributed by atoms with E-state index in [4.69, 9.17) is 0 Å². The number of hydrogen-bond acceptors (Lipinski definition) is 4. The molecule has 2 heterocycles. The highest BCUT2D eigenvalue weighted by Crippen LogP contribution is 2.15. The quantitative estimate of drug-likeness (QED) is 0.873. The van der Waals surface area contributed by atoms with Crippen molar-refractivity contribution in [2.75, 3.05) is 20.1 Å². The summed E-state index contributed by atoms with van der Waals surface area (Å²) in [6.07, 6.45) is 4.30. The van der Waals surface area contributed by atoms with Crippen molar-refractivity contribution in [1.29, 1.82) is 0 Å². The third kappa shape index (κ3) is 2.29. The first kappa shape index (κ1) is 12.0. The molecular weight excluding hydrogens is 240 g/mol.